The largest absolute Gasteiger partial charge is 0.497 e. The summed E-state index contributed by atoms with van der Waals surface area (Å²) in [5.74, 6) is 3.22. The van der Waals surface area contributed by atoms with Crippen molar-refractivity contribution in [3.05, 3.63) is 59.7 Å². The fourth-order valence-electron chi connectivity index (χ4n) is 3.45. The van der Waals surface area contributed by atoms with Crippen LogP contribution in [-0.2, 0) is 0 Å². The lowest BCUT2D eigenvalue weighted by Crippen LogP contribution is -2.48. The minimum atomic E-state index is -1.18. The second-order valence-electron chi connectivity index (χ2n) is 8.16. The van der Waals surface area contributed by atoms with Crippen molar-refractivity contribution in [2.24, 2.45) is 5.73 Å². The molecule has 0 saturated heterocycles. The summed E-state index contributed by atoms with van der Waals surface area (Å²) >= 11 is 0. The number of methoxy groups -OCH3 is 1. The maximum Gasteiger partial charge on any atom is 0.321 e. The molecule has 0 saturated carbocycles. The summed E-state index contributed by atoms with van der Waals surface area (Å²) in [6.07, 6.45) is 3.16. The summed E-state index contributed by atoms with van der Waals surface area (Å²) in [7, 11) is 5.48. The van der Waals surface area contributed by atoms with Gasteiger partial charge in [0.25, 0.3) is 0 Å². The Morgan fingerprint density at radius 1 is 1.06 bits per heavy atom. The lowest BCUT2D eigenvalue weighted by molar-refractivity contribution is 0.00922. The van der Waals surface area contributed by atoms with Crippen LogP contribution in [0, 0.1) is 12.3 Å². The lowest BCUT2D eigenvalue weighted by Gasteiger charge is -2.32. The Labute approximate surface area is 196 Å². The Morgan fingerprint density at radius 2 is 1.70 bits per heavy atom. The fourth-order valence-corrected chi connectivity index (χ4v) is 3.45. The van der Waals surface area contributed by atoms with Crippen molar-refractivity contribution in [1.29, 1.82) is 0 Å². The van der Waals surface area contributed by atoms with Crippen LogP contribution in [0.3, 0.4) is 0 Å². The molecule has 0 bridgehead atoms. The highest BCUT2D eigenvalue weighted by atomic mass is 16.5. The Bertz CT molecular complexity index is 909. The summed E-state index contributed by atoms with van der Waals surface area (Å²) < 4.78 is 5.16. The maximum absolute atomic E-state index is 13.2. The molecule has 0 fully saturated rings. The number of aliphatic hydroxyl groups excluding tert-OH is 2. The van der Waals surface area contributed by atoms with Crippen molar-refractivity contribution in [3.8, 4) is 18.1 Å². The summed E-state index contributed by atoms with van der Waals surface area (Å²) in [4.78, 5) is 16.7. The van der Waals surface area contributed by atoms with Gasteiger partial charge in [-0.1, -0.05) is 18.1 Å². The fraction of sp³-hybridized carbons (Fsp3) is 0.400. The second-order valence-corrected chi connectivity index (χ2v) is 8.16. The molecule has 178 valence electrons. The van der Waals surface area contributed by atoms with E-state index in [2.05, 4.69) is 11.2 Å². The predicted octanol–water partition coefficient (Wildman–Crippen LogP) is 1.54. The number of nitrogens with zero attached hydrogens (tertiary/aromatic N) is 2. The van der Waals surface area contributed by atoms with E-state index in [-0.39, 0.29) is 19.0 Å². The minimum Gasteiger partial charge on any atom is -0.497 e. The number of hydrogen-bond donors (Lipinski definition) is 4. The molecule has 0 aliphatic heterocycles. The van der Waals surface area contributed by atoms with Gasteiger partial charge in [0.05, 0.1) is 25.9 Å². The number of aliphatic hydroxyl groups is 2. The van der Waals surface area contributed by atoms with Gasteiger partial charge in [0.1, 0.15) is 5.75 Å². The minimum absolute atomic E-state index is 0.0596. The van der Waals surface area contributed by atoms with Crippen LogP contribution in [0.4, 0.5) is 10.5 Å². The molecule has 0 radical (unpaired) electrons. The smallest absolute Gasteiger partial charge is 0.321 e. The van der Waals surface area contributed by atoms with Crippen molar-refractivity contribution in [1.82, 2.24) is 9.80 Å². The molecular formula is C25H34N4O4. The standard InChI is InChI=1S/C25H34N4O4/c1-5-18-6-8-19(9-7-18)20(15-28(2)3)16-29(17-24(31)23(30)14-26)25(32)27-21-10-12-22(33-4)13-11-21/h1,6-13,20,23-24,30-31H,14-17,26H2,2-4H3,(H,27,32)/t20-,23+,24-/m0/s1. The van der Waals surface area contributed by atoms with Crippen LogP contribution in [-0.4, -0.2) is 85.6 Å². The van der Waals surface area contributed by atoms with Crippen molar-refractivity contribution in [3.63, 3.8) is 0 Å². The van der Waals surface area contributed by atoms with Gasteiger partial charge in [-0.05, 0) is 56.1 Å². The highest BCUT2D eigenvalue weighted by molar-refractivity contribution is 5.89. The van der Waals surface area contributed by atoms with E-state index < -0.39 is 18.2 Å². The number of amides is 2. The molecule has 0 aliphatic rings. The van der Waals surface area contributed by atoms with Crippen molar-refractivity contribution < 1.29 is 19.7 Å². The average Bonchev–Trinajstić information content (AvgIpc) is 2.82. The number of anilines is 1. The van der Waals surface area contributed by atoms with Gasteiger partial charge in [-0.2, -0.15) is 0 Å². The van der Waals surface area contributed by atoms with E-state index in [1.165, 1.54) is 4.90 Å². The number of hydrogen-bond acceptors (Lipinski definition) is 6. The van der Waals surface area contributed by atoms with Crippen LogP contribution in [0.2, 0.25) is 0 Å². The van der Waals surface area contributed by atoms with Gasteiger partial charge in [0.15, 0.2) is 0 Å². The van der Waals surface area contributed by atoms with Crippen LogP contribution in [0.5, 0.6) is 5.75 Å². The molecule has 8 nitrogen and oxygen atoms in total. The number of nitrogens with one attached hydrogen (secondary N) is 1. The van der Waals surface area contributed by atoms with E-state index in [1.807, 2.05) is 43.3 Å². The molecule has 0 unspecified atom stereocenters. The first kappa shape index (κ1) is 26.2. The molecule has 0 aromatic heterocycles. The van der Waals surface area contributed by atoms with Gasteiger partial charge in [-0.25, -0.2) is 4.79 Å². The first-order chi connectivity index (χ1) is 15.8. The van der Waals surface area contributed by atoms with Gasteiger partial charge in [-0.3, -0.25) is 0 Å². The van der Waals surface area contributed by atoms with E-state index >= 15 is 0 Å². The summed E-state index contributed by atoms with van der Waals surface area (Å²) in [6.45, 7) is 0.789. The Kier molecular flexibility index (Phi) is 10.2. The topological polar surface area (TPSA) is 111 Å². The first-order valence-electron chi connectivity index (χ1n) is 10.7. The van der Waals surface area contributed by atoms with Crippen LogP contribution in [0.15, 0.2) is 48.5 Å². The van der Waals surface area contributed by atoms with Crippen molar-refractivity contribution in [2.75, 3.05) is 52.7 Å². The Morgan fingerprint density at radius 3 is 2.21 bits per heavy atom. The normalized spacial score (nSPS) is 13.6. The average molecular weight is 455 g/mol. The van der Waals surface area contributed by atoms with Gasteiger partial charge in [0.2, 0.25) is 0 Å². The third-order valence-corrected chi connectivity index (χ3v) is 5.30. The molecule has 5 N–H and O–H groups in total. The number of likely N-dealkylation sites (N-methyl/N-ethyl adjacent to an activating group) is 1. The van der Waals surface area contributed by atoms with Gasteiger partial charge in [0, 0.05) is 36.8 Å². The molecule has 33 heavy (non-hydrogen) atoms. The third kappa shape index (κ3) is 8.08. The maximum atomic E-state index is 13.2. The summed E-state index contributed by atoms with van der Waals surface area (Å²) in [6, 6.07) is 14.2. The van der Waals surface area contributed by atoms with Crippen molar-refractivity contribution >= 4 is 11.7 Å². The summed E-state index contributed by atoms with van der Waals surface area (Å²) in [5.41, 5.74) is 7.87. The van der Waals surface area contributed by atoms with Gasteiger partial charge in [-0.15, -0.1) is 6.42 Å². The van der Waals surface area contributed by atoms with E-state index in [1.54, 1.807) is 31.4 Å². The molecular weight excluding hydrogens is 420 g/mol. The predicted molar refractivity (Wildman–Crippen MR) is 130 cm³/mol. The molecule has 2 aromatic carbocycles. The molecule has 3 atom stereocenters. The number of urea groups is 1. The molecule has 0 spiro atoms. The number of carbonyl (C=O) groups is 1. The van der Waals surface area contributed by atoms with Gasteiger partial charge >= 0.3 is 6.03 Å². The van der Waals surface area contributed by atoms with Crippen molar-refractivity contribution in [2.45, 2.75) is 18.1 Å². The van der Waals surface area contributed by atoms with Crippen LogP contribution < -0.4 is 15.8 Å². The van der Waals surface area contributed by atoms with Crippen LogP contribution >= 0.6 is 0 Å². The number of ether oxygens (including phenoxy) is 1. The van der Waals surface area contributed by atoms with E-state index in [4.69, 9.17) is 16.9 Å². The zero-order valence-electron chi connectivity index (χ0n) is 19.4. The van der Waals surface area contributed by atoms with Crippen LogP contribution in [0.25, 0.3) is 0 Å². The number of rotatable bonds is 11. The van der Waals surface area contributed by atoms with E-state index in [9.17, 15) is 15.0 Å². The second kappa shape index (κ2) is 12.8. The Balaban J connectivity index is 2.27. The molecule has 0 heterocycles. The highest BCUT2D eigenvalue weighted by Gasteiger charge is 2.26. The summed E-state index contributed by atoms with van der Waals surface area (Å²) in [5, 5.41) is 23.2. The Hall–Kier alpha value is -3.09. The number of carbonyl (C=O) groups excluding carboxylic acids is 1. The lowest BCUT2D eigenvalue weighted by atomic mass is 9.96. The number of terminal acetylenes is 1. The third-order valence-electron chi connectivity index (χ3n) is 5.30. The van der Waals surface area contributed by atoms with Gasteiger partial charge < -0.3 is 35.8 Å². The first-order valence-corrected chi connectivity index (χ1v) is 10.7. The van der Waals surface area contributed by atoms with E-state index in [0.717, 1.165) is 11.1 Å². The molecule has 2 rings (SSSR count). The monoisotopic (exact) mass is 454 g/mol. The number of benzene rings is 2. The molecule has 0 aliphatic carbocycles. The zero-order chi connectivity index (χ0) is 24.4. The molecule has 2 aromatic rings. The molecule has 8 heteroatoms. The highest BCUT2D eigenvalue weighted by Crippen LogP contribution is 2.21. The number of nitrogens with two attached hydrogens (primary N) is 1. The van der Waals surface area contributed by atoms with Crippen LogP contribution in [0.1, 0.15) is 17.0 Å². The molecule has 2 amide bonds. The zero-order valence-corrected chi connectivity index (χ0v) is 19.4. The SMILES string of the molecule is C#Cc1ccc([C@@H](CN(C)C)CN(C[C@H](O)[C@H](O)CN)C(=O)Nc2ccc(OC)cc2)cc1. The quantitative estimate of drug-likeness (QED) is 0.383. The van der Waals surface area contributed by atoms with E-state index in [0.29, 0.717) is 24.5 Å².